The maximum atomic E-state index is 12.9. The molecule has 1 N–H and O–H groups in total. The lowest BCUT2D eigenvalue weighted by Gasteiger charge is -2.13. The van der Waals surface area contributed by atoms with Crippen LogP contribution in [0.1, 0.15) is 16.7 Å². The van der Waals surface area contributed by atoms with Crippen LogP contribution in [-0.2, 0) is 11.4 Å². The summed E-state index contributed by atoms with van der Waals surface area (Å²) in [5, 5.41) is 3.91. The highest BCUT2D eigenvalue weighted by Crippen LogP contribution is 2.29. The maximum Gasteiger partial charge on any atom is 0.281 e. The molecule has 1 aliphatic heterocycles. The lowest BCUT2D eigenvalue weighted by Crippen LogP contribution is -2.30. The van der Waals surface area contributed by atoms with Crippen molar-refractivity contribution in [2.45, 2.75) is 13.5 Å². The van der Waals surface area contributed by atoms with Crippen LogP contribution in [0, 0.1) is 6.92 Å². The summed E-state index contributed by atoms with van der Waals surface area (Å²) in [4.78, 5) is 14.4. The first-order chi connectivity index (χ1) is 15.5. The van der Waals surface area contributed by atoms with Gasteiger partial charge in [0.1, 0.15) is 23.8 Å². The van der Waals surface area contributed by atoms with E-state index in [0.717, 1.165) is 22.4 Å². The Kier molecular flexibility index (Phi) is 6.44. The van der Waals surface area contributed by atoms with Crippen LogP contribution in [0.3, 0.4) is 0 Å². The maximum absolute atomic E-state index is 12.9. The van der Waals surface area contributed by atoms with Gasteiger partial charge in [-0.1, -0.05) is 41.9 Å². The average molecular weight is 465 g/mol. The van der Waals surface area contributed by atoms with Crippen LogP contribution in [0.4, 0.5) is 5.69 Å². The van der Waals surface area contributed by atoms with Crippen LogP contribution in [0.5, 0.6) is 11.5 Å². The Morgan fingerprint density at radius 2 is 1.81 bits per heavy atom. The number of benzene rings is 3. The van der Waals surface area contributed by atoms with Crippen LogP contribution in [0.15, 0.2) is 72.4 Å². The number of anilines is 1. The van der Waals surface area contributed by atoms with Gasteiger partial charge in [-0.05, 0) is 72.7 Å². The van der Waals surface area contributed by atoms with E-state index < -0.39 is 0 Å². The fourth-order valence-corrected chi connectivity index (χ4v) is 3.98. The SMILES string of the molecule is COc1ccc(/C=C2/NC(=S)N(c3ccccc3)C2=O)cc1COc1ccc(C)cc1Cl. The molecule has 0 bridgehead atoms. The predicted octanol–water partition coefficient (Wildman–Crippen LogP) is 5.50. The Morgan fingerprint density at radius 3 is 2.53 bits per heavy atom. The van der Waals surface area contributed by atoms with E-state index in [1.54, 1.807) is 13.2 Å². The van der Waals surface area contributed by atoms with Crippen LogP contribution in [0.2, 0.25) is 5.02 Å². The second-order valence-electron chi connectivity index (χ2n) is 7.26. The third-order valence-electron chi connectivity index (χ3n) is 4.98. The Bertz CT molecular complexity index is 1210. The largest absolute Gasteiger partial charge is 0.496 e. The topological polar surface area (TPSA) is 50.8 Å². The summed E-state index contributed by atoms with van der Waals surface area (Å²) >= 11 is 11.7. The number of carbonyl (C=O) groups is 1. The van der Waals surface area contributed by atoms with Crippen molar-refractivity contribution < 1.29 is 14.3 Å². The Balaban J connectivity index is 1.57. The second-order valence-corrected chi connectivity index (χ2v) is 8.05. The monoisotopic (exact) mass is 464 g/mol. The molecule has 3 aromatic rings. The molecule has 1 saturated heterocycles. The van der Waals surface area contributed by atoms with Crippen LogP contribution < -0.4 is 19.7 Å². The summed E-state index contributed by atoms with van der Waals surface area (Å²) in [6, 6.07) is 20.6. The number of amides is 1. The van der Waals surface area contributed by atoms with Crippen molar-refractivity contribution in [2.24, 2.45) is 0 Å². The van der Waals surface area contributed by atoms with Crippen molar-refractivity contribution in [3.8, 4) is 11.5 Å². The Morgan fingerprint density at radius 1 is 1.06 bits per heavy atom. The third-order valence-corrected chi connectivity index (χ3v) is 5.56. The van der Waals surface area contributed by atoms with Crippen molar-refractivity contribution in [1.82, 2.24) is 5.32 Å². The molecule has 0 aliphatic carbocycles. The standard InChI is InChI=1S/C25H21ClN2O3S/c1-16-8-10-23(20(26)12-16)31-15-18-13-17(9-11-22(18)30-2)14-21-24(29)28(25(32)27-21)19-6-4-3-5-7-19/h3-14H,15H2,1-2H3,(H,27,32)/b21-14+. The highest BCUT2D eigenvalue weighted by Gasteiger charge is 2.31. The molecule has 5 nitrogen and oxygen atoms in total. The number of para-hydroxylation sites is 1. The van der Waals surface area contributed by atoms with Gasteiger partial charge in [0, 0.05) is 5.56 Å². The minimum absolute atomic E-state index is 0.207. The summed E-state index contributed by atoms with van der Waals surface area (Å²) in [6.45, 7) is 2.23. The number of nitrogens with one attached hydrogen (secondary N) is 1. The number of carbonyl (C=O) groups excluding carboxylic acids is 1. The summed E-state index contributed by atoms with van der Waals surface area (Å²) in [6.07, 6.45) is 1.76. The minimum atomic E-state index is -0.207. The first-order valence-electron chi connectivity index (χ1n) is 9.94. The normalized spacial score (nSPS) is 14.6. The van der Waals surface area contributed by atoms with Crippen molar-refractivity contribution in [3.05, 3.63) is 94.1 Å². The van der Waals surface area contributed by atoms with Gasteiger partial charge < -0.3 is 14.8 Å². The van der Waals surface area contributed by atoms with Crippen LogP contribution in [0.25, 0.3) is 6.08 Å². The van der Waals surface area contributed by atoms with E-state index in [1.165, 1.54) is 4.90 Å². The van der Waals surface area contributed by atoms with Gasteiger partial charge in [-0.15, -0.1) is 0 Å². The average Bonchev–Trinajstić information content (AvgIpc) is 3.06. The van der Waals surface area contributed by atoms with Crippen molar-refractivity contribution >= 4 is 46.6 Å². The number of nitrogens with zero attached hydrogens (tertiary/aromatic N) is 1. The molecule has 1 amide bonds. The molecule has 0 saturated carbocycles. The zero-order chi connectivity index (χ0) is 22.7. The summed E-state index contributed by atoms with van der Waals surface area (Å²) in [5.41, 5.74) is 3.82. The first kappa shape index (κ1) is 21.9. The third kappa shape index (κ3) is 4.61. The molecule has 1 fully saturated rings. The lowest BCUT2D eigenvalue weighted by atomic mass is 10.1. The van der Waals surface area contributed by atoms with Crippen LogP contribution in [-0.4, -0.2) is 18.1 Å². The van der Waals surface area contributed by atoms with Gasteiger partial charge in [-0.2, -0.15) is 0 Å². The lowest BCUT2D eigenvalue weighted by molar-refractivity contribution is -0.113. The molecule has 4 rings (SSSR count). The molecular formula is C25H21ClN2O3S. The highest BCUT2D eigenvalue weighted by atomic mass is 35.5. The number of aryl methyl sites for hydroxylation is 1. The molecule has 0 aromatic heterocycles. The van der Waals surface area contributed by atoms with E-state index in [0.29, 0.717) is 27.3 Å². The van der Waals surface area contributed by atoms with E-state index in [2.05, 4.69) is 5.32 Å². The molecule has 1 heterocycles. The van der Waals surface area contributed by atoms with Gasteiger partial charge >= 0.3 is 0 Å². The first-order valence-corrected chi connectivity index (χ1v) is 10.7. The molecule has 0 atom stereocenters. The van der Waals surface area contributed by atoms with E-state index >= 15 is 0 Å². The smallest absolute Gasteiger partial charge is 0.281 e. The summed E-state index contributed by atoms with van der Waals surface area (Å²) < 4.78 is 11.4. The molecular weight excluding hydrogens is 444 g/mol. The van der Waals surface area contributed by atoms with E-state index in [-0.39, 0.29) is 12.5 Å². The number of halogens is 1. The molecule has 0 spiro atoms. The highest BCUT2D eigenvalue weighted by molar-refractivity contribution is 7.80. The molecule has 0 unspecified atom stereocenters. The molecule has 1 aliphatic rings. The van der Waals surface area contributed by atoms with Gasteiger partial charge in [-0.3, -0.25) is 9.69 Å². The van der Waals surface area contributed by atoms with Gasteiger partial charge in [-0.25, -0.2) is 0 Å². The number of methoxy groups -OCH3 is 1. The zero-order valence-electron chi connectivity index (χ0n) is 17.6. The summed E-state index contributed by atoms with van der Waals surface area (Å²) in [5.74, 6) is 1.07. The summed E-state index contributed by atoms with van der Waals surface area (Å²) in [7, 11) is 1.61. The van der Waals surface area contributed by atoms with E-state index in [4.69, 9.17) is 33.3 Å². The number of hydrogen-bond acceptors (Lipinski definition) is 4. The van der Waals surface area contributed by atoms with Crippen molar-refractivity contribution in [2.75, 3.05) is 12.0 Å². The zero-order valence-corrected chi connectivity index (χ0v) is 19.2. The molecule has 32 heavy (non-hydrogen) atoms. The molecule has 7 heteroatoms. The predicted molar refractivity (Wildman–Crippen MR) is 131 cm³/mol. The van der Waals surface area contributed by atoms with Gasteiger partial charge in [0.15, 0.2) is 5.11 Å². The number of hydrogen-bond donors (Lipinski definition) is 1. The van der Waals surface area contributed by atoms with Crippen molar-refractivity contribution in [1.29, 1.82) is 0 Å². The van der Waals surface area contributed by atoms with E-state index in [9.17, 15) is 4.79 Å². The number of thiocarbonyl (C=S) groups is 1. The van der Waals surface area contributed by atoms with Gasteiger partial charge in [0.25, 0.3) is 5.91 Å². The quantitative estimate of drug-likeness (QED) is 0.385. The van der Waals surface area contributed by atoms with E-state index in [1.807, 2.05) is 73.7 Å². The Hall–Kier alpha value is -3.35. The Labute approximate surface area is 197 Å². The number of ether oxygens (including phenoxy) is 2. The molecule has 162 valence electrons. The minimum Gasteiger partial charge on any atom is -0.496 e. The number of rotatable bonds is 6. The fraction of sp³-hybridized carbons (Fsp3) is 0.120. The van der Waals surface area contributed by atoms with Crippen LogP contribution >= 0.6 is 23.8 Å². The molecule has 0 radical (unpaired) electrons. The van der Waals surface area contributed by atoms with Crippen molar-refractivity contribution in [3.63, 3.8) is 0 Å². The second kappa shape index (κ2) is 9.42. The fourth-order valence-electron chi connectivity index (χ4n) is 3.39. The van der Waals surface area contributed by atoms with Gasteiger partial charge in [0.2, 0.25) is 0 Å². The van der Waals surface area contributed by atoms with Gasteiger partial charge in [0.05, 0.1) is 17.8 Å². The molecule has 3 aromatic carbocycles.